The number of hydrogen-bond acceptors (Lipinski definition) is 2. The van der Waals surface area contributed by atoms with Gasteiger partial charge >= 0.3 is 0 Å². The number of halogens is 1. The molecule has 0 aliphatic heterocycles. The Bertz CT molecular complexity index is 236. The molecule has 5 heteroatoms. The van der Waals surface area contributed by atoms with Crippen LogP contribution in [0, 0.1) is 5.92 Å². The molecule has 0 radical (unpaired) electrons. The summed E-state index contributed by atoms with van der Waals surface area (Å²) in [7, 11) is 1.74. The molecule has 3 nitrogen and oxygen atoms in total. The molecule has 72 valence electrons. The Morgan fingerprint density at radius 1 is 1.50 bits per heavy atom. The van der Waals surface area contributed by atoms with Crippen LogP contribution in [-0.2, 0) is 9.24 Å². The maximum atomic E-state index is 10.9. The molecule has 1 rings (SSSR count). The van der Waals surface area contributed by atoms with E-state index in [0.717, 1.165) is 12.8 Å². The monoisotopic (exact) mass is 211 g/mol. The van der Waals surface area contributed by atoms with Crippen LogP contribution in [0.2, 0.25) is 0 Å². The van der Waals surface area contributed by atoms with Crippen LogP contribution in [0.25, 0.3) is 0 Å². The molecule has 0 atom stereocenters. The smallest absolute Gasteiger partial charge is 0.195 e. The summed E-state index contributed by atoms with van der Waals surface area (Å²) in [5.41, 5.74) is 0. The van der Waals surface area contributed by atoms with Gasteiger partial charge in [-0.25, -0.2) is 0 Å². The van der Waals surface area contributed by atoms with Crippen LogP contribution in [0.15, 0.2) is 0 Å². The maximum Gasteiger partial charge on any atom is 0.299 e. The highest BCUT2D eigenvalue weighted by atomic mass is 35.7. The van der Waals surface area contributed by atoms with E-state index in [9.17, 15) is 8.42 Å². The van der Waals surface area contributed by atoms with Crippen molar-refractivity contribution in [2.45, 2.75) is 26.2 Å². The number of nitrogens with zero attached hydrogens (tertiary/aromatic N) is 1. The van der Waals surface area contributed by atoms with Crippen molar-refractivity contribution >= 4 is 19.9 Å². The molecule has 0 saturated heterocycles. The van der Waals surface area contributed by atoms with Crippen molar-refractivity contribution in [3.8, 4) is 0 Å². The molecule has 0 heterocycles. The highest BCUT2D eigenvalue weighted by Crippen LogP contribution is 2.28. The molecule has 0 bridgehead atoms. The molecule has 0 spiro atoms. The van der Waals surface area contributed by atoms with Crippen molar-refractivity contribution in [1.29, 1.82) is 0 Å². The fraction of sp³-hybridized carbons (Fsp3) is 1.00. The van der Waals surface area contributed by atoms with Crippen LogP contribution in [0.3, 0.4) is 0 Å². The van der Waals surface area contributed by atoms with E-state index >= 15 is 0 Å². The predicted octanol–water partition coefficient (Wildman–Crippen LogP) is 1.59. The SMILES string of the molecule is CCN(CC1CCC1)S(=O)(=O)Cl. The standard InChI is InChI=1S/C7H14ClNO2S/c1-2-9(12(8,10)11)6-7-4-3-5-7/h7H,2-6H2,1H3. The zero-order chi connectivity index (χ0) is 9.19. The predicted molar refractivity (Wildman–Crippen MR) is 49.4 cm³/mol. The summed E-state index contributed by atoms with van der Waals surface area (Å²) >= 11 is 0. The minimum Gasteiger partial charge on any atom is -0.195 e. The third kappa shape index (κ3) is 2.61. The highest BCUT2D eigenvalue weighted by molar-refractivity contribution is 8.11. The van der Waals surface area contributed by atoms with Gasteiger partial charge in [-0.2, -0.15) is 12.7 Å². The van der Waals surface area contributed by atoms with Crippen molar-refractivity contribution < 1.29 is 8.42 Å². The third-order valence-corrected chi connectivity index (χ3v) is 3.96. The fourth-order valence-electron chi connectivity index (χ4n) is 1.34. The first-order valence-electron chi connectivity index (χ1n) is 4.23. The van der Waals surface area contributed by atoms with Gasteiger partial charge in [0.15, 0.2) is 0 Å². The van der Waals surface area contributed by atoms with E-state index in [1.54, 1.807) is 6.92 Å². The van der Waals surface area contributed by atoms with Crippen LogP contribution in [-0.4, -0.2) is 25.8 Å². The lowest BCUT2D eigenvalue weighted by atomic mass is 9.85. The quantitative estimate of drug-likeness (QED) is 0.663. The second-order valence-corrected chi connectivity index (χ2v) is 5.70. The van der Waals surface area contributed by atoms with E-state index in [0.29, 0.717) is 19.0 Å². The van der Waals surface area contributed by atoms with Gasteiger partial charge in [0, 0.05) is 23.8 Å². The van der Waals surface area contributed by atoms with Gasteiger partial charge in [0.05, 0.1) is 0 Å². The van der Waals surface area contributed by atoms with Gasteiger partial charge in [-0.15, -0.1) is 0 Å². The van der Waals surface area contributed by atoms with Gasteiger partial charge in [-0.3, -0.25) is 0 Å². The lowest BCUT2D eigenvalue weighted by molar-refractivity contribution is 0.252. The fourth-order valence-corrected chi connectivity index (χ4v) is 2.49. The van der Waals surface area contributed by atoms with Crippen LogP contribution >= 0.6 is 10.7 Å². The second-order valence-electron chi connectivity index (χ2n) is 3.19. The van der Waals surface area contributed by atoms with Gasteiger partial charge in [-0.1, -0.05) is 13.3 Å². The first-order chi connectivity index (χ1) is 5.54. The highest BCUT2D eigenvalue weighted by Gasteiger charge is 2.25. The molecule has 0 aromatic rings. The normalized spacial score (nSPS) is 19.6. The molecular weight excluding hydrogens is 198 g/mol. The van der Waals surface area contributed by atoms with E-state index in [2.05, 4.69) is 0 Å². The molecule has 0 N–H and O–H groups in total. The van der Waals surface area contributed by atoms with Crippen molar-refractivity contribution in [3.05, 3.63) is 0 Å². The van der Waals surface area contributed by atoms with Crippen LogP contribution < -0.4 is 0 Å². The van der Waals surface area contributed by atoms with Crippen LogP contribution in [0.5, 0.6) is 0 Å². The zero-order valence-electron chi connectivity index (χ0n) is 7.16. The minimum absolute atomic E-state index is 0.475. The molecule has 1 saturated carbocycles. The third-order valence-electron chi connectivity index (χ3n) is 2.35. The Morgan fingerprint density at radius 2 is 2.08 bits per heavy atom. The summed E-state index contributed by atoms with van der Waals surface area (Å²) < 4.78 is 23.2. The molecule has 12 heavy (non-hydrogen) atoms. The average Bonchev–Trinajstić information content (AvgIpc) is 1.82. The average molecular weight is 212 g/mol. The molecule has 1 fully saturated rings. The largest absolute Gasteiger partial charge is 0.299 e. The Morgan fingerprint density at radius 3 is 2.33 bits per heavy atom. The Balaban J connectivity index is 2.45. The van der Waals surface area contributed by atoms with Crippen molar-refractivity contribution in [2.24, 2.45) is 5.92 Å². The van der Waals surface area contributed by atoms with Gasteiger partial charge in [-0.05, 0) is 18.8 Å². The zero-order valence-corrected chi connectivity index (χ0v) is 8.74. The molecule has 0 amide bonds. The minimum atomic E-state index is -3.48. The summed E-state index contributed by atoms with van der Waals surface area (Å²) in [6, 6.07) is 0. The van der Waals surface area contributed by atoms with Crippen molar-refractivity contribution in [3.63, 3.8) is 0 Å². The van der Waals surface area contributed by atoms with Gasteiger partial charge < -0.3 is 0 Å². The van der Waals surface area contributed by atoms with E-state index in [-0.39, 0.29) is 0 Å². The first-order valence-corrected chi connectivity index (χ1v) is 6.50. The van der Waals surface area contributed by atoms with Crippen LogP contribution in [0.4, 0.5) is 0 Å². The lowest BCUT2D eigenvalue weighted by Crippen LogP contribution is -2.34. The molecule has 0 aromatic carbocycles. The number of rotatable bonds is 4. The van der Waals surface area contributed by atoms with E-state index in [4.69, 9.17) is 10.7 Å². The Labute approximate surface area is 78.3 Å². The summed E-state index contributed by atoms with van der Waals surface area (Å²) in [6.45, 7) is 2.88. The van der Waals surface area contributed by atoms with Gasteiger partial charge in [0.2, 0.25) is 0 Å². The summed E-state index contributed by atoms with van der Waals surface area (Å²) in [5, 5.41) is 0. The second kappa shape index (κ2) is 3.94. The lowest BCUT2D eigenvalue weighted by Gasteiger charge is -2.29. The maximum absolute atomic E-state index is 10.9. The topological polar surface area (TPSA) is 37.4 Å². The van der Waals surface area contributed by atoms with Crippen molar-refractivity contribution in [2.75, 3.05) is 13.1 Å². The summed E-state index contributed by atoms with van der Waals surface area (Å²) in [5.74, 6) is 0.540. The number of hydrogen-bond donors (Lipinski definition) is 0. The first kappa shape index (κ1) is 10.3. The summed E-state index contributed by atoms with van der Waals surface area (Å²) in [6.07, 6.45) is 3.51. The molecule has 0 unspecified atom stereocenters. The van der Waals surface area contributed by atoms with E-state index in [1.165, 1.54) is 10.7 Å². The van der Waals surface area contributed by atoms with Gasteiger partial charge in [0.1, 0.15) is 0 Å². The van der Waals surface area contributed by atoms with Crippen LogP contribution in [0.1, 0.15) is 26.2 Å². The molecule has 0 aromatic heterocycles. The molecule has 1 aliphatic carbocycles. The van der Waals surface area contributed by atoms with E-state index < -0.39 is 9.24 Å². The Kier molecular flexibility index (Phi) is 3.37. The Hall–Kier alpha value is 0.200. The van der Waals surface area contributed by atoms with Gasteiger partial charge in [0.25, 0.3) is 9.24 Å². The van der Waals surface area contributed by atoms with Crippen molar-refractivity contribution in [1.82, 2.24) is 4.31 Å². The molecular formula is C7H14ClNO2S. The van der Waals surface area contributed by atoms with E-state index in [1.807, 2.05) is 0 Å². The summed E-state index contributed by atoms with van der Waals surface area (Å²) in [4.78, 5) is 0. The molecule has 1 aliphatic rings.